The van der Waals surface area contributed by atoms with Crippen molar-refractivity contribution in [1.82, 2.24) is 35.5 Å². The first-order valence-corrected chi connectivity index (χ1v) is 23.3. The minimum absolute atomic E-state index is 0.0154. The molecule has 6 aromatic rings. The molecule has 0 radical (unpaired) electrons. The summed E-state index contributed by atoms with van der Waals surface area (Å²) in [6, 6.07) is 16.7. The highest BCUT2D eigenvalue weighted by molar-refractivity contribution is 7.17. The molecule has 0 aliphatic carbocycles. The van der Waals surface area contributed by atoms with Crippen molar-refractivity contribution in [1.29, 1.82) is 0 Å². The average molecular weight is 835 g/mol. The van der Waals surface area contributed by atoms with Gasteiger partial charge in [0, 0.05) is 85.4 Å². The highest BCUT2D eigenvalue weighted by Gasteiger charge is 2.24. The van der Waals surface area contributed by atoms with Crippen molar-refractivity contribution >= 4 is 61.4 Å². The van der Waals surface area contributed by atoms with Crippen LogP contribution in [-0.4, -0.2) is 94.7 Å². The van der Waals surface area contributed by atoms with Crippen molar-refractivity contribution in [3.05, 3.63) is 98.7 Å². The van der Waals surface area contributed by atoms with Crippen LogP contribution in [0, 0.1) is 0 Å². The Morgan fingerprint density at radius 1 is 0.797 bits per heavy atom. The Kier molecular flexibility index (Phi) is 14.1. The van der Waals surface area contributed by atoms with E-state index in [2.05, 4.69) is 91.1 Å². The number of hydrogen-bond acceptors (Lipinski definition) is 9. The number of rotatable bonds is 20. The number of aromatic nitrogens is 4. The SMILES string of the molecule is CCCCC(Cc1c[nH]c2ccccc12)NC(=O)c1sc(CCN2CCOCC2)nc1CCCCC(Cc1c[nH]c2ccccc12)NC(=O)c1cnc(N2CCCC2)s1. The van der Waals surface area contributed by atoms with E-state index in [4.69, 9.17) is 9.72 Å². The summed E-state index contributed by atoms with van der Waals surface area (Å²) in [5, 5.41) is 11.2. The number of fused-ring (bicyclic) bond motifs is 2. The normalized spacial score (nSPS) is 15.9. The molecule has 0 saturated carbocycles. The van der Waals surface area contributed by atoms with Gasteiger partial charge in [-0.25, -0.2) is 9.97 Å². The molecule has 2 saturated heterocycles. The van der Waals surface area contributed by atoms with Gasteiger partial charge in [0.25, 0.3) is 11.8 Å². The van der Waals surface area contributed by atoms with Crippen LogP contribution in [0.1, 0.15) is 99.5 Å². The number of aryl methyl sites for hydroxylation is 1. The number of hydrogen-bond donors (Lipinski definition) is 4. The molecule has 2 amide bonds. The number of carbonyl (C=O) groups excluding carboxylic acids is 2. The molecule has 6 heterocycles. The van der Waals surface area contributed by atoms with Gasteiger partial charge in [-0.15, -0.1) is 11.3 Å². The molecule has 8 rings (SSSR count). The summed E-state index contributed by atoms with van der Waals surface area (Å²) in [5.41, 5.74) is 5.54. The highest BCUT2D eigenvalue weighted by Crippen LogP contribution is 2.28. The van der Waals surface area contributed by atoms with Crippen molar-refractivity contribution in [3.8, 4) is 0 Å². The number of thiazole rings is 2. The van der Waals surface area contributed by atoms with Gasteiger partial charge in [-0.05, 0) is 74.6 Å². The molecule has 2 atom stereocenters. The van der Waals surface area contributed by atoms with E-state index >= 15 is 0 Å². The first-order valence-electron chi connectivity index (χ1n) is 21.7. The second-order valence-electron chi connectivity index (χ2n) is 16.1. The summed E-state index contributed by atoms with van der Waals surface area (Å²) in [5.74, 6) is -0.0789. The van der Waals surface area contributed by atoms with Gasteiger partial charge in [0.05, 0.1) is 30.1 Å². The molecule has 2 aliphatic heterocycles. The number of nitrogens with one attached hydrogen (secondary N) is 4. The van der Waals surface area contributed by atoms with E-state index in [1.807, 2.05) is 12.1 Å². The molecule has 13 heteroatoms. The zero-order valence-electron chi connectivity index (χ0n) is 34.3. The Hall–Kier alpha value is -4.56. The lowest BCUT2D eigenvalue weighted by Gasteiger charge is -2.25. The van der Waals surface area contributed by atoms with Crippen LogP contribution in [0.5, 0.6) is 0 Å². The fourth-order valence-electron chi connectivity index (χ4n) is 8.58. The van der Waals surface area contributed by atoms with Gasteiger partial charge >= 0.3 is 0 Å². The van der Waals surface area contributed by atoms with Crippen LogP contribution in [-0.2, 0) is 30.4 Å². The van der Waals surface area contributed by atoms with Crippen molar-refractivity contribution < 1.29 is 14.3 Å². The molecule has 0 bridgehead atoms. The average Bonchev–Trinajstić information content (AvgIpc) is 4.12. The van der Waals surface area contributed by atoms with E-state index in [0.29, 0.717) is 11.3 Å². The molecular formula is C46H58N8O3S2. The van der Waals surface area contributed by atoms with E-state index in [-0.39, 0.29) is 23.9 Å². The third-order valence-electron chi connectivity index (χ3n) is 11.9. The Bertz CT molecular complexity index is 2280. The van der Waals surface area contributed by atoms with Crippen LogP contribution >= 0.6 is 22.7 Å². The zero-order chi connectivity index (χ0) is 40.4. The number of amides is 2. The predicted molar refractivity (Wildman–Crippen MR) is 240 cm³/mol. The Morgan fingerprint density at radius 2 is 1.44 bits per heavy atom. The molecule has 2 unspecified atom stereocenters. The molecule has 0 spiro atoms. The summed E-state index contributed by atoms with van der Waals surface area (Å²) in [6.45, 7) is 8.49. The first-order chi connectivity index (χ1) is 29.0. The van der Waals surface area contributed by atoms with Gasteiger partial charge in [0.15, 0.2) is 5.13 Å². The van der Waals surface area contributed by atoms with E-state index in [0.717, 1.165) is 135 Å². The lowest BCUT2D eigenvalue weighted by Crippen LogP contribution is -2.37. The van der Waals surface area contributed by atoms with Crippen LogP contribution < -0.4 is 15.5 Å². The fourth-order valence-corrected chi connectivity index (χ4v) is 10.5. The molecule has 59 heavy (non-hydrogen) atoms. The van der Waals surface area contributed by atoms with Crippen molar-refractivity contribution in [2.45, 2.75) is 96.1 Å². The molecule has 4 N–H and O–H groups in total. The maximum atomic E-state index is 14.3. The topological polar surface area (TPSA) is 131 Å². The number of morpholine rings is 1. The van der Waals surface area contributed by atoms with Crippen LogP contribution in [0.15, 0.2) is 67.1 Å². The summed E-state index contributed by atoms with van der Waals surface area (Å²) < 4.78 is 5.58. The number of carbonyl (C=O) groups is 2. The van der Waals surface area contributed by atoms with Gasteiger partial charge in [-0.2, -0.15) is 0 Å². The molecular weight excluding hydrogens is 777 g/mol. The predicted octanol–water partition coefficient (Wildman–Crippen LogP) is 8.32. The minimum atomic E-state index is -0.0647. The number of benzene rings is 2. The Labute approximate surface area is 355 Å². The maximum Gasteiger partial charge on any atom is 0.263 e. The van der Waals surface area contributed by atoms with E-state index in [1.54, 1.807) is 17.5 Å². The molecule has 4 aromatic heterocycles. The third kappa shape index (κ3) is 10.6. The van der Waals surface area contributed by atoms with Gasteiger partial charge in [0.2, 0.25) is 0 Å². The minimum Gasteiger partial charge on any atom is -0.379 e. The van der Waals surface area contributed by atoms with Crippen LogP contribution in [0.3, 0.4) is 0 Å². The summed E-state index contributed by atoms with van der Waals surface area (Å²) in [7, 11) is 0. The summed E-state index contributed by atoms with van der Waals surface area (Å²) in [6.07, 6.45) is 16.9. The van der Waals surface area contributed by atoms with Crippen LogP contribution in [0.25, 0.3) is 21.8 Å². The fraction of sp³-hybridized carbons (Fsp3) is 0.478. The quantitative estimate of drug-likeness (QED) is 0.0570. The van der Waals surface area contributed by atoms with Crippen molar-refractivity contribution in [2.24, 2.45) is 0 Å². The van der Waals surface area contributed by atoms with E-state index < -0.39 is 0 Å². The van der Waals surface area contributed by atoms with Crippen molar-refractivity contribution in [2.75, 3.05) is 50.8 Å². The van der Waals surface area contributed by atoms with E-state index in [1.165, 1.54) is 46.1 Å². The highest BCUT2D eigenvalue weighted by atomic mass is 32.1. The van der Waals surface area contributed by atoms with Crippen molar-refractivity contribution in [3.63, 3.8) is 0 Å². The van der Waals surface area contributed by atoms with Gasteiger partial charge in [0.1, 0.15) is 9.75 Å². The summed E-state index contributed by atoms with van der Waals surface area (Å²) in [4.78, 5) is 50.7. The first kappa shape index (κ1) is 41.2. The molecule has 11 nitrogen and oxygen atoms in total. The number of aromatic amines is 2. The second kappa shape index (κ2) is 20.1. The lowest BCUT2D eigenvalue weighted by molar-refractivity contribution is 0.0384. The number of nitrogens with zero attached hydrogens (tertiary/aromatic N) is 4. The molecule has 2 aromatic carbocycles. The number of unbranched alkanes of at least 4 members (excludes halogenated alkanes) is 2. The van der Waals surface area contributed by atoms with E-state index in [9.17, 15) is 9.59 Å². The Morgan fingerprint density at radius 3 is 2.12 bits per heavy atom. The number of para-hydroxylation sites is 2. The van der Waals surface area contributed by atoms with Gasteiger partial charge in [-0.1, -0.05) is 73.9 Å². The van der Waals surface area contributed by atoms with Crippen LogP contribution in [0.4, 0.5) is 5.13 Å². The second-order valence-corrected chi connectivity index (χ2v) is 18.2. The van der Waals surface area contributed by atoms with Gasteiger partial charge < -0.3 is 30.2 Å². The molecule has 2 fully saturated rings. The largest absolute Gasteiger partial charge is 0.379 e. The molecule has 312 valence electrons. The van der Waals surface area contributed by atoms with Crippen LogP contribution in [0.2, 0.25) is 0 Å². The smallest absolute Gasteiger partial charge is 0.263 e. The number of ether oxygens (including phenoxy) is 1. The maximum absolute atomic E-state index is 14.3. The lowest BCUT2D eigenvalue weighted by atomic mass is 9.99. The zero-order valence-corrected chi connectivity index (χ0v) is 35.9. The number of H-pyrrole nitrogens is 2. The van der Waals surface area contributed by atoms with Gasteiger partial charge in [-0.3, -0.25) is 14.5 Å². The molecule has 2 aliphatic rings. The number of anilines is 1. The summed E-state index contributed by atoms with van der Waals surface area (Å²) >= 11 is 3.05. The standard InChI is InChI=1S/C46H58N8O3S2/c1-2-3-12-34(27-32-29-47-38-16-8-5-14-36(32)38)51-45(56)43-40(52-42(59-43)19-22-53-23-25-57-26-24-53)18-7-4-13-35(28-33-30-48-39-17-9-6-15-37(33)39)50-44(55)41-31-49-46(58-41)54-20-10-11-21-54/h5-6,8-9,14-17,29-31,34-35,47-48H,2-4,7,10-13,18-28H2,1H3,(H,50,55)(H,51,56). The Balaban J connectivity index is 0.956. The monoisotopic (exact) mass is 834 g/mol. The third-order valence-corrected chi connectivity index (χ3v) is 14.1.